The first-order valence-corrected chi connectivity index (χ1v) is 11.2. The number of carbonyl (C=O) groups is 1. The largest absolute Gasteiger partial charge is 0.435 e. The van der Waals surface area contributed by atoms with Crippen LogP contribution < -0.4 is 5.32 Å². The SMILES string of the molecule is Cc1cc(C2=NOC(c3cc(F)c(F)c(F)c3)(C(F)(F)F)C2)ccc1C(=O)NCc1ncc(Cl)cc1Cl. The second kappa shape index (κ2) is 9.86. The van der Waals surface area contributed by atoms with Gasteiger partial charge in [0.1, 0.15) is 0 Å². The van der Waals surface area contributed by atoms with E-state index in [0.29, 0.717) is 16.3 Å². The van der Waals surface area contributed by atoms with E-state index < -0.39 is 47.1 Å². The fraction of sp³-hybridized carbons (Fsp3) is 0.208. The molecule has 13 heteroatoms. The van der Waals surface area contributed by atoms with Crippen molar-refractivity contribution in [1.29, 1.82) is 0 Å². The van der Waals surface area contributed by atoms with E-state index in [1.54, 1.807) is 6.92 Å². The smallest absolute Gasteiger partial charge is 0.374 e. The van der Waals surface area contributed by atoms with Gasteiger partial charge in [-0.25, -0.2) is 13.2 Å². The summed E-state index contributed by atoms with van der Waals surface area (Å²) in [6.07, 6.45) is -4.72. The van der Waals surface area contributed by atoms with Crippen molar-refractivity contribution in [3.05, 3.63) is 98.0 Å². The predicted molar refractivity (Wildman–Crippen MR) is 123 cm³/mol. The molecular weight excluding hydrogens is 547 g/mol. The fourth-order valence-corrected chi connectivity index (χ4v) is 4.22. The lowest BCUT2D eigenvalue weighted by Gasteiger charge is -2.29. The van der Waals surface area contributed by atoms with Crippen molar-refractivity contribution in [2.75, 3.05) is 0 Å². The maximum absolute atomic E-state index is 14.1. The molecule has 5 nitrogen and oxygen atoms in total. The van der Waals surface area contributed by atoms with Crippen molar-refractivity contribution in [2.24, 2.45) is 5.16 Å². The predicted octanol–water partition coefficient (Wildman–Crippen LogP) is 6.63. The van der Waals surface area contributed by atoms with Gasteiger partial charge >= 0.3 is 6.18 Å². The summed E-state index contributed by atoms with van der Waals surface area (Å²) in [5.41, 5.74) is -3.21. The lowest BCUT2D eigenvalue weighted by Crippen LogP contribution is -2.43. The van der Waals surface area contributed by atoms with Crippen LogP contribution in [0, 0.1) is 24.4 Å². The molecule has 2 heterocycles. The van der Waals surface area contributed by atoms with E-state index in [9.17, 15) is 31.1 Å². The normalized spacial score (nSPS) is 17.4. The molecule has 0 fully saturated rings. The number of aromatic nitrogens is 1. The van der Waals surface area contributed by atoms with Gasteiger partial charge in [0.2, 0.25) is 0 Å². The highest BCUT2D eigenvalue weighted by atomic mass is 35.5. The summed E-state index contributed by atoms with van der Waals surface area (Å²) in [5.74, 6) is -5.99. The van der Waals surface area contributed by atoms with Gasteiger partial charge in [0.15, 0.2) is 17.5 Å². The van der Waals surface area contributed by atoms with Crippen LogP contribution in [0.5, 0.6) is 0 Å². The summed E-state index contributed by atoms with van der Waals surface area (Å²) >= 11 is 11.8. The zero-order valence-corrected chi connectivity index (χ0v) is 20.2. The first-order valence-electron chi connectivity index (χ1n) is 10.5. The number of hydrogen-bond acceptors (Lipinski definition) is 4. The van der Waals surface area contributed by atoms with Crippen LogP contribution >= 0.6 is 23.2 Å². The minimum Gasteiger partial charge on any atom is -0.374 e. The van der Waals surface area contributed by atoms with Crippen LogP contribution in [0.15, 0.2) is 47.8 Å². The van der Waals surface area contributed by atoms with Crippen molar-refractivity contribution in [1.82, 2.24) is 10.3 Å². The molecule has 1 aliphatic rings. The highest BCUT2D eigenvalue weighted by molar-refractivity contribution is 6.34. The van der Waals surface area contributed by atoms with Gasteiger partial charge in [-0.1, -0.05) is 34.4 Å². The van der Waals surface area contributed by atoms with Crippen LogP contribution in [0.3, 0.4) is 0 Å². The van der Waals surface area contributed by atoms with Crippen LogP contribution in [0.1, 0.15) is 39.2 Å². The van der Waals surface area contributed by atoms with E-state index in [-0.39, 0.29) is 40.5 Å². The third-order valence-corrected chi connectivity index (χ3v) is 6.27. The number of amides is 1. The van der Waals surface area contributed by atoms with Crippen molar-refractivity contribution < 1.29 is 36.0 Å². The van der Waals surface area contributed by atoms with E-state index in [0.717, 1.165) is 0 Å². The molecule has 1 atom stereocenters. The molecule has 0 radical (unpaired) electrons. The minimum atomic E-state index is -5.15. The molecule has 1 unspecified atom stereocenters. The number of nitrogens with zero attached hydrogens (tertiary/aromatic N) is 2. The van der Waals surface area contributed by atoms with Gasteiger partial charge < -0.3 is 10.2 Å². The van der Waals surface area contributed by atoms with Crippen LogP contribution in [0.25, 0.3) is 0 Å². The summed E-state index contributed by atoms with van der Waals surface area (Å²) < 4.78 is 83.0. The van der Waals surface area contributed by atoms with Gasteiger partial charge in [-0.15, -0.1) is 0 Å². The maximum atomic E-state index is 14.1. The van der Waals surface area contributed by atoms with Crippen LogP contribution in [-0.4, -0.2) is 22.8 Å². The van der Waals surface area contributed by atoms with Gasteiger partial charge in [0.25, 0.3) is 11.5 Å². The zero-order chi connectivity index (χ0) is 27.1. The summed E-state index contributed by atoms with van der Waals surface area (Å²) in [4.78, 5) is 21.4. The Bertz CT molecular complexity index is 1410. The molecule has 1 aromatic heterocycles. The van der Waals surface area contributed by atoms with Crippen LogP contribution in [0.4, 0.5) is 26.3 Å². The third kappa shape index (κ3) is 5.10. The summed E-state index contributed by atoms with van der Waals surface area (Å²) in [7, 11) is 0. The van der Waals surface area contributed by atoms with Crippen molar-refractivity contribution >= 4 is 34.8 Å². The number of carbonyl (C=O) groups excluding carboxylic acids is 1. The molecule has 37 heavy (non-hydrogen) atoms. The lowest BCUT2D eigenvalue weighted by molar-refractivity contribution is -0.276. The second-order valence-electron chi connectivity index (χ2n) is 8.18. The van der Waals surface area contributed by atoms with Crippen molar-refractivity contribution in [2.45, 2.75) is 31.7 Å². The van der Waals surface area contributed by atoms with Gasteiger partial charge in [-0.2, -0.15) is 13.2 Å². The standard InChI is InChI=1S/C24H15Cl2F6N3O2/c1-11-4-12(2-3-15(11)22(36)34-10-20-16(26)7-14(25)9-33-20)19-8-23(37-35-19,24(30,31)32)13-5-17(27)21(29)18(28)6-13/h2-7,9H,8,10H2,1H3,(H,34,36). The van der Waals surface area contributed by atoms with Crippen molar-refractivity contribution in [3.8, 4) is 0 Å². The van der Waals surface area contributed by atoms with Crippen LogP contribution in [0.2, 0.25) is 10.0 Å². The Morgan fingerprint density at radius 1 is 1.11 bits per heavy atom. The highest BCUT2D eigenvalue weighted by Crippen LogP contribution is 2.49. The lowest BCUT2D eigenvalue weighted by atomic mass is 9.86. The van der Waals surface area contributed by atoms with Gasteiger partial charge in [-0.05, 0) is 48.4 Å². The van der Waals surface area contributed by atoms with Gasteiger partial charge in [0.05, 0.1) is 28.0 Å². The monoisotopic (exact) mass is 561 g/mol. The average Bonchev–Trinajstić information content (AvgIpc) is 3.28. The molecule has 4 rings (SSSR count). The highest BCUT2D eigenvalue weighted by Gasteiger charge is 2.62. The second-order valence-corrected chi connectivity index (χ2v) is 9.02. The molecule has 3 aromatic rings. The number of pyridine rings is 1. The van der Waals surface area contributed by atoms with Crippen molar-refractivity contribution in [3.63, 3.8) is 0 Å². The number of alkyl halides is 3. The van der Waals surface area contributed by atoms with Gasteiger partial charge in [0, 0.05) is 23.7 Å². The number of hydrogen-bond donors (Lipinski definition) is 1. The van der Waals surface area contributed by atoms with E-state index in [1.165, 1.54) is 30.5 Å². The molecule has 0 saturated heterocycles. The number of rotatable bonds is 5. The zero-order valence-electron chi connectivity index (χ0n) is 18.7. The minimum absolute atomic E-state index is 0.00450. The van der Waals surface area contributed by atoms with Crippen LogP contribution in [-0.2, 0) is 17.0 Å². The number of oxime groups is 1. The third-order valence-electron chi connectivity index (χ3n) is 5.74. The Hall–Kier alpha value is -3.31. The molecular formula is C24H15Cl2F6N3O2. The average molecular weight is 562 g/mol. The number of aryl methyl sites for hydroxylation is 1. The van der Waals surface area contributed by atoms with Gasteiger partial charge in [-0.3, -0.25) is 9.78 Å². The first-order chi connectivity index (χ1) is 17.3. The topological polar surface area (TPSA) is 63.6 Å². The molecule has 1 amide bonds. The molecule has 1 N–H and O–H groups in total. The maximum Gasteiger partial charge on any atom is 0.435 e. The Labute approximate surface area is 216 Å². The molecule has 2 aromatic carbocycles. The number of nitrogens with one attached hydrogen (secondary N) is 1. The summed E-state index contributed by atoms with van der Waals surface area (Å²) in [6.45, 7) is 1.56. The molecule has 194 valence electrons. The number of benzene rings is 2. The Balaban J connectivity index is 1.55. The summed E-state index contributed by atoms with van der Waals surface area (Å²) in [6, 6.07) is 6.08. The van der Waals surface area contributed by atoms with E-state index in [1.807, 2.05) is 0 Å². The molecule has 0 aliphatic carbocycles. The quantitative estimate of drug-likeness (QED) is 0.281. The Morgan fingerprint density at radius 2 is 1.78 bits per heavy atom. The first kappa shape index (κ1) is 26.7. The Morgan fingerprint density at radius 3 is 2.38 bits per heavy atom. The molecule has 0 bridgehead atoms. The Kier molecular flexibility index (Phi) is 7.13. The molecule has 0 spiro atoms. The number of halogens is 8. The fourth-order valence-electron chi connectivity index (χ4n) is 3.78. The van der Waals surface area contributed by atoms with E-state index >= 15 is 0 Å². The van der Waals surface area contributed by atoms with E-state index in [2.05, 4.69) is 15.5 Å². The molecule has 0 saturated carbocycles. The molecule has 1 aliphatic heterocycles. The van der Waals surface area contributed by atoms with E-state index in [4.69, 9.17) is 28.0 Å². The summed E-state index contributed by atoms with van der Waals surface area (Å²) in [5, 5.41) is 6.74.